The summed E-state index contributed by atoms with van der Waals surface area (Å²) in [6.07, 6.45) is -0.0132. The summed E-state index contributed by atoms with van der Waals surface area (Å²) in [6.45, 7) is 0.566. The molecule has 2 aromatic rings. The number of ether oxygens (including phenoxy) is 1. The molecule has 0 saturated carbocycles. The van der Waals surface area contributed by atoms with Crippen LogP contribution in [0.1, 0.15) is 22.7 Å². The fraction of sp³-hybridized carbons (Fsp3) is 0.176. The van der Waals surface area contributed by atoms with Crippen molar-refractivity contribution in [2.45, 2.75) is 12.5 Å². The van der Waals surface area contributed by atoms with Gasteiger partial charge in [-0.25, -0.2) is 9.18 Å². The third kappa shape index (κ3) is 2.57. The van der Waals surface area contributed by atoms with Crippen LogP contribution in [0.15, 0.2) is 48.5 Å². The summed E-state index contributed by atoms with van der Waals surface area (Å²) < 4.78 is 17.7. The summed E-state index contributed by atoms with van der Waals surface area (Å²) in [4.78, 5) is 24.0. The summed E-state index contributed by atoms with van der Waals surface area (Å²) >= 11 is 0. The van der Waals surface area contributed by atoms with Crippen LogP contribution >= 0.6 is 0 Å². The molecule has 0 spiro atoms. The maximum atomic E-state index is 13.2. The van der Waals surface area contributed by atoms with Crippen molar-refractivity contribution in [2.24, 2.45) is 0 Å². The molecule has 1 amide bonds. The molecule has 0 aromatic heterocycles. The normalized spacial score (nSPS) is 16.8. The number of amides is 1. The molecule has 5 heteroatoms. The molecule has 0 unspecified atom stereocenters. The van der Waals surface area contributed by atoms with Gasteiger partial charge in [-0.05, 0) is 35.2 Å². The van der Waals surface area contributed by atoms with E-state index in [1.54, 1.807) is 12.1 Å². The molecule has 1 aliphatic heterocycles. The maximum Gasteiger partial charge on any atom is 0.418 e. The largest absolute Gasteiger partial charge is 0.418 e. The SMILES string of the molecule is O=COC(=O)N1CCc2ccccc2[C@@H]1c1ccc(F)cc1. The smallest absolute Gasteiger partial charge is 0.379 e. The average molecular weight is 299 g/mol. The lowest BCUT2D eigenvalue weighted by atomic mass is 9.88. The highest BCUT2D eigenvalue weighted by Crippen LogP contribution is 2.35. The fourth-order valence-corrected chi connectivity index (χ4v) is 2.88. The molecule has 3 rings (SSSR count). The summed E-state index contributed by atoms with van der Waals surface area (Å²) in [5, 5.41) is 0. The topological polar surface area (TPSA) is 46.6 Å². The molecule has 0 N–H and O–H groups in total. The van der Waals surface area contributed by atoms with Crippen molar-refractivity contribution < 1.29 is 18.7 Å². The Morgan fingerprint density at radius 2 is 1.91 bits per heavy atom. The summed E-state index contributed by atoms with van der Waals surface area (Å²) in [6, 6.07) is 13.4. The van der Waals surface area contributed by atoms with Crippen LogP contribution in [-0.2, 0) is 16.0 Å². The van der Waals surface area contributed by atoms with Crippen LogP contribution in [0.4, 0.5) is 9.18 Å². The number of hydrogen-bond donors (Lipinski definition) is 0. The number of benzene rings is 2. The zero-order valence-corrected chi connectivity index (χ0v) is 11.7. The van der Waals surface area contributed by atoms with Gasteiger partial charge in [0.1, 0.15) is 5.82 Å². The number of fused-ring (bicyclic) bond motifs is 1. The Kier molecular flexibility index (Phi) is 3.87. The molecule has 0 radical (unpaired) electrons. The van der Waals surface area contributed by atoms with Crippen LogP contribution in [0.5, 0.6) is 0 Å². The third-order valence-electron chi connectivity index (χ3n) is 3.85. The quantitative estimate of drug-likeness (QED) is 0.632. The van der Waals surface area contributed by atoms with Gasteiger partial charge in [-0.3, -0.25) is 9.69 Å². The van der Waals surface area contributed by atoms with Gasteiger partial charge in [-0.2, -0.15) is 0 Å². The van der Waals surface area contributed by atoms with Gasteiger partial charge >= 0.3 is 12.6 Å². The van der Waals surface area contributed by atoms with Crippen molar-refractivity contribution in [3.8, 4) is 0 Å². The van der Waals surface area contributed by atoms with Crippen LogP contribution in [0.2, 0.25) is 0 Å². The van der Waals surface area contributed by atoms with E-state index in [0.29, 0.717) is 13.0 Å². The van der Waals surface area contributed by atoms with E-state index in [1.165, 1.54) is 17.0 Å². The molecule has 2 aromatic carbocycles. The molecule has 0 bridgehead atoms. The van der Waals surface area contributed by atoms with E-state index in [-0.39, 0.29) is 12.3 Å². The van der Waals surface area contributed by atoms with Gasteiger partial charge < -0.3 is 4.74 Å². The van der Waals surface area contributed by atoms with E-state index in [2.05, 4.69) is 4.74 Å². The molecule has 1 heterocycles. The molecule has 4 nitrogen and oxygen atoms in total. The van der Waals surface area contributed by atoms with Crippen molar-refractivity contribution in [1.82, 2.24) is 4.90 Å². The second-order valence-electron chi connectivity index (χ2n) is 5.08. The average Bonchev–Trinajstić information content (AvgIpc) is 2.55. The maximum absolute atomic E-state index is 13.2. The van der Waals surface area contributed by atoms with Gasteiger partial charge in [-0.15, -0.1) is 0 Å². The number of rotatable bonds is 2. The highest BCUT2D eigenvalue weighted by atomic mass is 19.1. The van der Waals surface area contributed by atoms with Gasteiger partial charge in [0, 0.05) is 6.54 Å². The Morgan fingerprint density at radius 1 is 1.18 bits per heavy atom. The van der Waals surface area contributed by atoms with E-state index in [1.807, 2.05) is 24.3 Å². The molecule has 1 atom stereocenters. The molecule has 0 fully saturated rings. The number of nitrogens with zero attached hydrogens (tertiary/aromatic N) is 1. The molecule has 22 heavy (non-hydrogen) atoms. The first-order chi connectivity index (χ1) is 10.7. The number of hydrogen-bond acceptors (Lipinski definition) is 3. The first kappa shape index (κ1) is 14.3. The minimum Gasteiger partial charge on any atom is -0.379 e. The van der Waals surface area contributed by atoms with Gasteiger partial charge in [0.05, 0.1) is 6.04 Å². The highest BCUT2D eigenvalue weighted by molar-refractivity contribution is 5.76. The second-order valence-corrected chi connectivity index (χ2v) is 5.08. The number of carbonyl (C=O) groups is 2. The highest BCUT2D eigenvalue weighted by Gasteiger charge is 2.32. The lowest BCUT2D eigenvalue weighted by Crippen LogP contribution is -2.40. The minimum absolute atomic E-state index is 0.130. The Hall–Kier alpha value is -2.69. The first-order valence-corrected chi connectivity index (χ1v) is 6.95. The van der Waals surface area contributed by atoms with Gasteiger partial charge in [0.25, 0.3) is 0 Å². The van der Waals surface area contributed by atoms with Gasteiger partial charge in [0.2, 0.25) is 0 Å². The van der Waals surface area contributed by atoms with Crippen LogP contribution in [0.3, 0.4) is 0 Å². The summed E-state index contributed by atoms with van der Waals surface area (Å²) in [7, 11) is 0. The van der Waals surface area contributed by atoms with E-state index >= 15 is 0 Å². The monoisotopic (exact) mass is 299 g/mol. The van der Waals surface area contributed by atoms with Crippen molar-refractivity contribution >= 4 is 12.6 Å². The second kappa shape index (κ2) is 5.97. The van der Waals surface area contributed by atoms with E-state index in [4.69, 9.17) is 0 Å². The van der Waals surface area contributed by atoms with Crippen LogP contribution in [0, 0.1) is 5.82 Å². The van der Waals surface area contributed by atoms with Crippen molar-refractivity contribution in [3.63, 3.8) is 0 Å². The summed E-state index contributed by atoms with van der Waals surface area (Å²) in [5.74, 6) is -0.338. The number of carbonyl (C=O) groups excluding carboxylic acids is 2. The van der Waals surface area contributed by atoms with E-state index in [9.17, 15) is 14.0 Å². The molecule has 0 saturated heterocycles. The lowest BCUT2D eigenvalue weighted by Gasteiger charge is -2.36. The van der Waals surface area contributed by atoms with E-state index < -0.39 is 12.1 Å². The van der Waals surface area contributed by atoms with Crippen LogP contribution in [-0.4, -0.2) is 24.0 Å². The molecular weight excluding hydrogens is 285 g/mol. The predicted molar refractivity (Wildman–Crippen MR) is 77.6 cm³/mol. The Labute approximate surface area is 127 Å². The predicted octanol–water partition coefficient (Wildman–Crippen LogP) is 3.07. The van der Waals surface area contributed by atoms with Crippen molar-refractivity contribution in [3.05, 3.63) is 71.0 Å². The zero-order chi connectivity index (χ0) is 15.5. The zero-order valence-electron chi connectivity index (χ0n) is 11.7. The molecular formula is C17H14FNO3. The Balaban J connectivity index is 2.07. The molecule has 112 valence electrons. The number of halogens is 1. The van der Waals surface area contributed by atoms with Crippen LogP contribution in [0.25, 0.3) is 0 Å². The molecule has 0 aliphatic carbocycles. The fourth-order valence-electron chi connectivity index (χ4n) is 2.88. The van der Waals surface area contributed by atoms with Crippen molar-refractivity contribution in [2.75, 3.05) is 6.54 Å². The molecule has 1 aliphatic rings. The van der Waals surface area contributed by atoms with E-state index in [0.717, 1.165) is 16.7 Å². The van der Waals surface area contributed by atoms with Crippen LogP contribution < -0.4 is 0 Å². The first-order valence-electron chi connectivity index (χ1n) is 6.95. The summed E-state index contributed by atoms with van der Waals surface area (Å²) in [5.41, 5.74) is 2.87. The Morgan fingerprint density at radius 3 is 2.64 bits per heavy atom. The van der Waals surface area contributed by atoms with Gasteiger partial charge in [0.15, 0.2) is 0 Å². The Bertz CT molecular complexity index is 699. The lowest BCUT2D eigenvalue weighted by molar-refractivity contribution is -0.124. The minimum atomic E-state index is -0.696. The third-order valence-corrected chi connectivity index (χ3v) is 3.85. The standard InChI is InChI=1S/C17H14FNO3/c18-14-7-5-13(6-8-14)16-15-4-2-1-3-12(15)9-10-19(16)17(21)22-11-20/h1-8,11,16H,9-10H2/t16-/m0/s1. The van der Waals surface area contributed by atoms with Gasteiger partial charge in [-0.1, -0.05) is 36.4 Å². The van der Waals surface area contributed by atoms with Crippen molar-refractivity contribution in [1.29, 1.82) is 0 Å².